The molecule has 1 fully saturated rings. The molecular weight excluding hydrogens is 234 g/mol. The lowest BCUT2D eigenvalue weighted by molar-refractivity contribution is 0.0577. The average Bonchev–Trinajstić information content (AvgIpc) is 2.20. The third-order valence-electron chi connectivity index (χ3n) is 2.80. The predicted octanol–water partition coefficient (Wildman–Crippen LogP) is 3.15. The third-order valence-corrected chi connectivity index (χ3v) is 3.38. The van der Waals surface area contributed by atoms with Crippen LogP contribution < -0.4 is 0 Å². The van der Waals surface area contributed by atoms with E-state index in [2.05, 4.69) is 0 Å². The van der Waals surface area contributed by atoms with Gasteiger partial charge in [-0.1, -0.05) is 0 Å². The van der Waals surface area contributed by atoms with Gasteiger partial charge in [0, 0.05) is 24.0 Å². The Morgan fingerprint density at radius 2 is 1.94 bits per heavy atom. The molecular formula is C12H13ClF2O. The van der Waals surface area contributed by atoms with Gasteiger partial charge < -0.3 is 4.74 Å². The number of halogens is 3. The molecule has 16 heavy (non-hydrogen) atoms. The van der Waals surface area contributed by atoms with Crippen molar-refractivity contribution in [2.75, 3.05) is 13.2 Å². The molecule has 0 aliphatic carbocycles. The topological polar surface area (TPSA) is 9.23 Å². The van der Waals surface area contributed by atoms with E-state index in [1.807, 2.05) is 0 Å². The van der Waals surface area contributed by atoms with E-state index in [0.29, 0.717) is 25.2 Å². The van der Waals surface area contributed by atoms with Crippen LogP contribution in [0.5, 0.6) is 0 Å². The molecule has 0 radical (unpaired) electrons. The van der Waals surface area contributed by atoms with Gasteiger partial charge in [0.25, 0.3) is 0 Å². The van der Waals surface area contributed by atoms with Crippen molar-refractivity contribution in [3.05, 3.63) is 35.4 Å². The summed E-state index contributed by atoms with van der Waals surface area (Å²) in [5, 5.41) is 0.0279. The van der Waals surface area contributed by atoms with Crippen molar-refractivity contribution in [1.82, 2.24) is 0 Å². The van der Waals surface area contributed by atoms with Gasteiger partial charge >= 0.3 is 0 Å². The van der Waals surface area contributed by atoms with Crippen molar-refractivity contribution in [1.29, 1.82) is 0 Å². The number of hydrogen-bond donors (Lipinski definition) is 0. The molecule has 2 atom stereocenters. The molecule has 0 spiro atoms. The third kappa shape index (κ3) is 2.92. The minimum absolute atomic E-state index is 0.0279. The molecule has 0 aromatic heterocycles. The Morgan fingerprint density at radius 1 is 1.25 bits per heavy atom. The minimum Gasteiger partial charge on any atom is -0.381 e. The van der Waals surface area contributed by atoms with Gasteiger partial charge in [-0.25, -0.2) is 8.78 Å². The van der Waals surface area contributed by atoms with E-state index < -0.39 is 11.6 Å². The van der Waals surface area contributed by atoms with Gasteiger partial charge in [-0.15, -0.1) is 11.6 Å². The van der Waals surface area contributed by atoms with Gasteiger partial charge in [0.2, 0.25) is 0 Å². The Morgan fingerprint density at radius 3 is 2.56 bits per heavy atom. The van der Waals surface area contributed by atoms with Crippen molar-refractivity contribution in [3.63, 3.8) is 0 Å². The van der Waals surface area contributed by atoms with Crippen LogP contribution in [0.2, 0.25) is 0 Å². The van der Waals surface area contributed by atoms with Crippen LogP contribution in [0.4, 0.5) is 8.78 Å². The highest BCUT2D eigenvalue weighted by Crippen LogP contribution is 2.24. The molecule has 1 heterocycles. The average molecular weight is 247 g/mol. The zero-order valence-electron chi connectivity index (χ0n) is 8.76. The van der Waals surface area contributed by atoms with E-state index in [-0.39, 0.29) is 11.3 Å². The molecule has 0 saturated carbocycles. The fourth-order valence-electron chi connectivity index (χ4n) is 1.99. The van der Waals surface area contributed by atoms with E-state index in [4.69, 9.17) is 16.3 Å². The molecule has 0 amide bonds. The first kappa shape index (κ1) is 11.8. The van der Waals surface area contributed by atoms with Crippen LogP contribution in [0.25, 0.3) is 0 Å². The van der Waals surface area contributed by atoms with Crippen LogP contribution in [0.1, 0.15) is 12.0 Å². The molecule has 4 heteroatoms. The predicted molar refractivity (Wildman–Crippen MR) is 58.6 cm³/mol. The summed E-state index contributed by atoms with van der Waals surface area (Å²) in [5.74, 6) is -0.952. The molecule has 2 unspecified atom stereocenters. The SMILES string of the molecule is Fc1cc(F)cc(CC2COCCC2Cl)c1. The summed E-state index contributed by atoms with van der Waals surface area (Å²) >= 11 is 6.14. The standard InChI is InChI=1S/C12H13ClF2O/c13-12-1-2-16-7-9(12)3-8-4-10(14)6-11(15)5-8/h4-6,9,12H,1-3,7H2. The van der Waals surface area contributed by atoms with Gasteiger partial charge in [-0.05, 0) is 30.5 Å². The number of rotatable bonds is 2. The van der Waals surface area contributed by atoms with Crippen LogP contribution in [0.3, 0.4) is 0 Å². The first-order valence-electron chi connectivity index (χ1n) is 5.32. The second kappa shape index (κ2) is 5.11. The zero-order chi connectivity index (χ0) is 11.5. The summed E-state index contributed by atoms with van der Waals surface area (Å²) < 4.78 is 31.3. The maximum atomic E-state index is 13.0. The maximum Gasteiger partial charge on any atom is 0.126 e. The van der Waals surface area contributed by atoms with Crippen molar-refractivity contribution in [2.24, 2.45) is 5.92 Å². The highest BCUT2D eigenvalue weighted by Gasteiger charge is 2.24. The lowest BCUT2D eigenvalue weighted by atomic mass is 9.93. The number of hydrogen-bond acceptors (Lipinski definition) is 1. The summed E-state index contributed by atoms with van der Waals surface area (Å²) in [7, 11) is 0. The summed E-state index contributed by atoms with van der Waals surface area (Å²) in [6, 6.07) is 3.57. The molecule has 1 aliphatic heterocycles. The van der Waals surface area contributed by atoms with E-state index in [1.165, 1.54) is 12.1 Å². The van der Waals surface area contributed by atoms with Crippen molar-refractivity contribution < 1.29 is 13.5 Å². The second-order valence-corrected chi connectivity index (χ2v) is 4.68. The lowest BCUT2D eigenvalue weighted by Gasteiger charge is -2.27. The molecule has 2 rings (SSSR count). The highest BCUT2D eigenvalue weighted by atomic mass is 35.5. The van der Waals surface area contributed by atoms with Gasteiger partial charge in [-0.3, -0.25) is 0 Å². The van der Waals surface area contributed by atoms with Crippen molar-refractivity contribution in [2.45, 2.75) is 18.2 Å². The van der Waals surface area contributed by atoms with Crippen molar-refractivity contribution in [3.8, 4) is 0 Å². The number of ether oxygens (including phenoxy) is 1. The molecule has 1 saturated heterocycles. The monoisotopic (exact) mass is 246 g/mol. The minimum atomic E-state index is -0.544. The smallest absolute Gasteiger partial charge is 0.126 e. The lowest BCUT2D eigenvalue weighted by Crippen LogP contribution is -2.29. The quantitative estimate of drug-likeness (QED) is 0.729. The largest absolute Gasteiger partial charge is 0.381 e. The zero-order valence-corrected chi connectivity index (χ0v) is 9.51. The van der Waals surface area contributed by atoms with Crippen LogP contribution >= 0.6 is 11.6 Å². The summed E-state index contributed by atoms with van der Waals surface area (Å²) in [6.07, 6.45) is 1.35. The molecule has 88 valence electrons. The number of benzene rings is 1. The maximum absolute atomic E-state index is 13.0. The van der Waals surface area contributed by atoms with Gasteiger partial charge in [0.15, 0.2) is 0 Å². The Bertz CT molecular complexity index is 350. The Balaban J connectivity index is 2.07. The first-order chi connectivity index (χ1) is 7.65. The van der Waals surface area contributed by atoms with Crippen LogP contribution in [0.15, 0.2) is 18.2 Å². The van der Waals surface area contributed by atoms with Crippen LogP contribution in [-0.2, 0) is 11.2 Å². The van der Waals surface area contributed by atoms with Crippen LogP contribution in [-0.4, -0.2) is 18.6 Å². The Hall–Kier alpha value is -0.670. The van der Waals surface area contributed by atoms with Gasteiger partial charge in [0.05, 0.1) is 6.61 Å². The first-order valence-corrected chi connectivity index (χ1v) is 5.75. The normalized spacial score (nSPS) is 25.7. The fraction of sp³-hybridized carbons (Fsp3) is 0.500. The molecule has 1 aliphatic rings. The highest BCUT2D eigenvalue weighted by molar-refractivity contribution is 6.20. The van der Waals surface area contributed by atoms with E-state index in [1.54, 1.807) is 0 Å². The Kier molecular flexibility index (Phi) is 3.77. The van der Waals surface area contributed by atoms with Crippen molar-refractivity contribution >= 4 is 11.6 Å². The molecule has 1 aromatic carbocycles. The molecule has 0 bridgehead atoms. The molecule has 0 N–H and O–H groups in total. The van der Waals surface area contributed by atoms with E-state index >= 15 is 0 Å². The fourth-order valence-corrected chi connectivity index (χ4v) is 2.24. The Labute approximate surface area is 98.4 Å². The summed E-state index contributed by atoms with van der Waals surface area (Å²) in [6.45, 7) is 1.23. The van der Waals surface area contributed by atoms with Crippen LogP contribution in [0, 0.1) is 17.6 Å². The number of alkyl halides is 1. The molecule has 1 nitrogen and oxygen atoms in total. The van der Waals surface area contributed by atoms with Gasteiger partial charge in [-0.2, -0.15) is 0 Å². The van der Waals surface area contributed by atoms with E-state index in [0.717, 1.165) is 12.5 Å². The van der Waals surface area contributed by atoms with E-state index in [9.17, 15) is 8.78 Å². The summed E-state index contributed by atoms with van der Waals surface area (Å²) in [4.78, 5) is 0. The summed E-state index contributed by atoms with van der Waals surface area (Å²) in [5.41, 5.74) is 0.638. The second-order valence-electron chi connectivity index (χ2n) is 4.12. The van der Waals surface area contributed by atoms with Gasteiger partial charge in [0.1, 0.15) is 11.6 Å². The molecule has 1 aromatic rings.